The Morgan fingerprint density at radius 2 is 2.08 bits per heavy atom. The molecule has 0 spiro atoms. The van der Waals surface area contributed by atoms with Gasteiger partial charge < -0.3 is 19.0 Å². The van der Waals surface area contributed by atoms with E-state index in [1.807, 2.05) is 6.07 Å². The molecule has 1 aliphatic carbocycles. The minimum absolute atomic E-state index is 0.200. The van der Waals surface area contributed by atoms with Gasteiger partial charge in [-0.15, -0.1) is 0 Å². The van der Waals surface area contributed by atoms with Gasteiger partial charge in [0.15, 0.2) is 11.6 Å². The molecule has 0 unspecified atom stereocenters. The second-order valence-corrected chi connectivity index (χ2v) is 5.68. The molecule has 2 aromatic heterocycles. The van der Waals surface area contributed by atoms with Crippen LogP contribution in [-0.4, -0.2) is 11.1 Å². The van der Waals surface area contributed by atoms with Crippen LogP contribution < -0.4 is 10.1 Å². The van der Waals surface area contributed by atoms with E-state index < -0.39 is 0 Å². The number of carbonyl (C=O) groups is 1. The summed E-state index contributed by atoms with van der Waals surface area (Å²) in [6, 6.07) is 11.1. The number of nitrogens with zero attached hydrogens (tertiary/aromatic N) is 1. The predicted octanol–water partition coefficient (Wildman–Crippen LogP) is 3.59. The van der Waals surface area contributed by atoms with Crippen LogP contribution in [0.4, 0.5) is 5.82 Å². The number of amides is 1. The van der Waals surface area contributed by atoms with Crippen LogP contribution in [0.25, 0.3) is 0 Å². The van der Waals surface area contributed by atoms with Crippen molar-refractivity contribution in [1.29, 1.82) is 0 Å². The average molecular weight is 324 g/mol. The third-order valence-corrected chi connectivity index (χ3v) is 4.02. The zero-order valence-electron chi connectivity index (χ0n) is 13.0. The number of furan rings is 1. The van der Waals surface area contributed by atoms with Crippen LogP contribution in [-0.2, 0) is 19.4 Å². The topological polar surface area (TPSA) is 77.5 Å². The molecule has 1 aromatic carbocycles. The maximum atomic E-state index is 12.0. The van der Waals surface area contributed by atoms with Gasteiger partial charge >= 0.3 is 0 Å². The molecule has 4 rings (SSSR count). The van der Waals surface area contributed by atoms with Gasteiger partial charge in [-0.1, -0.05) is 11.2 Å². The van der Waals surface area contributed by atoms with Crippen molar-refractivity contribution in [3.63, 3.8) is 0 Å². The second-order valence-electron chi connectivity index (χ2n) is 5.68. The predicted molar refractivity (Wildman–Crippen MR) is 86.0 cm³/mol. The zero-order chi connectivity index (χ0) is 16.4. The summed E-state index contributed by atoms with van der Waals surface area (Å²) in [6.45, 7) is 0.274. The third kappa shape index (κ3) is 3.03. The molecule has 2 heterocycles. The highest BCUT2D eigenvalue weighted by atomic mass is 16.5. The Bertz CT molecular complexity index is 852. The Labute approximate surface area is 138 Å². The molecule has 6 heteroatoms. The lowest BCUT2D eigenvalue weighted by molar-refractivity contribution is 0.0991. The summed E-state index contributed by atoms with van der Waals surface area (Å²) in [5.74, 6) is 1.56. The van der Waals surface area contributed by atoms with Gasteiger partial charge in [-0.25, -0.2) is 0 Å². The highest BCUT2D eigenvalue weighted by Gasteiger charge is 2.14. The number of aryl methyl sites for hydroxylation is 2. The molecule has 0 fully saturated rings. The maximum Gasteiger partial charge on any atom is 0.292 e. The summed E-state index contributed by atoms with van der Waals surface area (Å²) in [4.78, 5) is 12.0. The van der Waals surface area contributed by atoms with Crippen molar-refractivity contribution in [2.24, 2.45) is 0 Å². The monoisotopic (exact) mass is 324 g/mol. The molecule has 6 nitrogen and oxygen atoms in total. The van der Waals surface area contributed by atoms with Gasteiger partial charge in [-0.05, 0) is 54.7 Å². The van der Waals surface area contributed by atoms with Crippen molar-refractivity contribution in [2.45, 2.75) is 25.9 Å². The lowest BCUT2D eigenvalue weighted by atomic mass is 10.1. The van der Waals surface area contributed by atoms with Crippen LogP contribution in [0.3, 0.4) is 0 Å². The molecule has 0 saturated heterocycles. The van der Waals surface area contributed by atoms with Crippen molar-refractivity contribution >= 4 is 11.7 Å². The summed E-state index contributed by atoms with van der Waals surface area (Å²) >= 11 is 0. The maximum absolute atomic E-state index is 12.0. The van der Waals surface area contributed by atoms with E-state index in [2.05, 4.69) is 27.1 Å². The molecule has 122 valence electrons. The zero-order valence-corrected chi connectivity index (χ0v) is 13.0. The number of ether oxygens (including phenoxy) is 1. The minimum atomic E-state index is -0.382. The van der Waals surface area contributed by atoms with Crippen LogP contribution in [0, 0.1) is 0 Å². The Hall–Kier alpha value is -3.02. The van der Waals surface area contributed by atoms with Crippen molar-refractivity contribution in [1.82, 2.24) is 5.16 Å². The molecule has 1 N–H and O–H groups in total. The van der Waals surface area contributed by atoms with E-state index in [-0.39, 0.29) is 18.3 Å². The molecule has 0 aliphatic heterocycles. The first-order valence-electron chi connectivity index (χ1n) is 7.83. The van der Waals surface area contributed by atoms with Crippen LogP contribution in [0.1, 0.15) is 33.9 Å². The quantitative estimate of drug-likeness (QED) is 0.776. The van der Waals surface area contributed by atoms with Gasteiger partial charge in [0.1, 0.15) is 24.4 Å². The molecule has 1 amide bonds. The van der Waals surface area contributed by atoms with Crippen molar-refractivity contribution in [3.05, 3.63) is 65.3 Å². The van der Waals surface area contributed by atoms with Crippen LogP contribution in [0.5, 0.6) is 5.75 Å². The summed E-state index contributed by atoms with van der Waals surface area (Å²) < 4.78 is 15.9. The molecular formula is C18H16N2O4. The van der Waals surface area contributed by atoms with E-state index in [4.69, 9.17) is 9.15 Å². The van der Waals surface area contributed by atoms with E-state index in [0.29, 0.717) is 11.6 Å². The Morgan fingerprint density at radius 3 is 2.96 bits per heavy atom. The highest BCUT2D eigenvalue weighted by molar-refractivity contribution is 6.01. The van der Waals surface area contributed by atoms with Crippen molar-refractivity contribution in [3.8, 4) is 5.75 Å². The molecule has 24 heavy (non-hydrogen) atoms. The number of carbonyl (C=O) groups excluding carboxylic acids is 1. The average Bonchev–Trinajstić information content (AvgIpc) is 3.33. The van der Waals surface area contributed by atoms with E-state index in [0.717, 1.165) is 18.6 Å². The molecule has 1 aliphatic rings. The van der Waals surface area contributed by atoms with Gasteiger partial charge in [0.25, 0.3) is 5.91 Å². The second kappa shape index (κ2) is 6.23. The fourth-order valence-corrected chi connectivity index (χ4v) is 2.82. The highest BCUT2D eigenvalue weighted by Crippen LogP contribution is 2.26. The van der Waals surface area contributed by atoms with Crippen LogP contribution >= 0.6 is 0 Å². The summed E-state index contributed by atoms with van der Waals surface area (Å²) in [5.41, 5.74) is 2.77. The summed E-state index contributed by atoms with van der Waals surface area (Å²) in [6.07, 6.45) is 4.85. The smallest absolute Gasteiger partial charge is 0.292 e. The summed E-state index contributed by atoms with van der Waals surface area (Å²) in [5, 5.41) is 6.19. The normalized spacial score (nSPS) is 12.8. The first-order valence-corrected chi connectivity index (χ1v) is 7.83. The first-order chi connectivity index (χ1) is 11.8. The Balaban J connectivity index is 1.37. The number of hydrogen-bond acceptors (Lipinski definition) is 5. The van der Waals surface area contributed by atoms with Gasteiger partial charge in [0.2, 0.25) is 0 Å². The number of hydrogen-bond donors (Lipinski definition) is 1. The SMILES string of the molecule is O=C(Nc1ccon1)c1ccc(COc2ccc3c(c2)CCC3)o1. The minimum Gasteiger partial charge on any atom is -0.486 e. The number of nitrogens with one attached hydrogen (secondary N) is 1. The molecule has 0 radical (unpaired) electrons. The van der Waals surface area contributed by atoms with E-state index in [1.54, 1.807) is 18.2 Å². The van der Waals surface area contributed by atoms with Gasteiger partial charge in [-0.2, -0.15) is 0 Å². The fraction of sp³-hybridized carbons (Fsp3) is 0.222. The lowest BCUT2D eigenvalue weighted by Crippen LogP contribution is -2.10. The molecule has 0 saturated carbocycles. The number of aromatic nitrogens is 1. The molecule has 0 bridgehead atoms. The van der Waals surface area contributed by atoms with E-state index >= 15 is 0 Å². The molecular weight excluding hydrogens is 308 g/mol. The van der Waals surface area contributed by atoms with Crippen molar-refractivity contribution in [2.75, 3.05) is 5.32 Å². The van der Waals surface area contributed by atoms with Crippen LogP contribution in [0.15, 0.2) is 51.6 Å². The molecule has 0 atom stereocenters. The Kier molecular flexibility index (Phi) is 3.78. The fourth-order valence-electron chi connectivity index (χ4n) is 2.82. The van der Waals surface area contributed by atoms with Gasteiger partial charge in [-0.3, -0.25) is 4.79 Å². The summed E-state index contributed by atoms with van der Waals surface area (Å²) in [7, 11) is 0. The standard InChI is InChI=1S/C18H16N2O4/c21-18(19-17-8-9-23-20-17)16-7-6-15(24-16)11-22-14-5-4-12-2-1-3-13(12)10-14/h4-10H,1-3,11H2,(H,19,20,21). The van der Waals surface area contributed by atoms with Crippen molar-refractivity contribution < 1.29 is 18.5 Å². The van der Waals surface area contributed by atoms with Crippen LogP contribution in [0.2, 0.25) is 0 Å². The first kappa shape index (κ1) is 14.6. The number of fused-ring (bicyclic) bond motifs is 1. The lowest BCUT2D eigenvalue weighted by Gasteiger charge is -2.06. The van der Waals surface area contributed by atoms with E-state index in [1.165, 1.54) is 23.8 Å². The number of benzene rings is 1. The largest absolute Gasteiger partial charge is 0.486 e. The third-order valence-electron chi connectivity index (χ3n) is 4.02. The van der Waals surface area contributed by atoms with Gasteiger partial charge in [0, 0.05) is 6.07 Å². The Morgan fingerprint density at radius 1 is 1.17 bits per heavy atom. The molecule has 3 aromatic rings. The number of anilines is 1. The number of rotatable bonds is 5. The van der Waals surface area contributed by atoms with Gasteiger partial charge in [0.05, 0.1) is 0 Å². The van der Waals surface area contributed by atoms with E-state index in [9.17, 15) is 4.79 Å².